The Morgan fingerprint density at radius 3 is 1.94 bits per heavy atom. The zero-order valence-electron chi connectivity index (χ0n) is 13.4. The van der Waals surface area contributed by atoms with E-state index in [9.17, 15) is 0 Å². The van der Waals surface area contributed by atoms with Gasteiger partial charge in [-0.15, -0.1) is 0 Å². The molecule has 0 amide bonds. The molecule has 0 aromatic carbocycles. The van der Waals surface area contributed by atoms with Crippen molar-refractivity contribution in [3.05, 3.63) is 0 Å². The standard InChI is InChI=1S/C15H34N2/c1-9-10-13(11-16-15(5,6)7)17(8)12-14(2,3)4/h13,16H,9-12H2,1-8H3. The molecule has 0 heterocycles. The molecule has 0 fully saturated rings. The minimum Gasteiger partial charge on any atom is -0.311 e. The normalized spacial score (nSPS) is 15.4. The molecule has 1 atom stereocenters. The van der Waals surface area contributed by atoms with Gasteiger partial charge in [-0.05, 0) is 39.7 Å². The van der Waals surface area contributed by atoms with E-state index in [1.165, 1.54) is 12.8 Å². The second-order valence-corrected chi connectivity index (χ2v) is 7.55. The first-order valence-electron chi connectivity index (χ1n) is 7.00. The summed E-state index contributed by atoms with van der Waals surface area (Å²) in [5, 5.41) is 3.63. The molecule has 0 saturated heterocycles. The lowest BCUT2D eigenvalue weighted by Gasteiger charge is -2.35. The highest BCUT2D eigenvalue weighted by Gasteiger charge is 2.21. The quantitative estimate of drug-likeness (QED) is 0.766. The van der Waals surface area contributed by atoms with Gasteiger partial charge in [-0.3, -0.25) is 0 Å². The van der Waals surface area contributed by atoms with Gasteiger partial charge in [0, 0.05) is 24.7 Å². The zero-order chi connectivity index (χ0) is 13.7. The van der Waals surface area contributed by atoms with Crippen molar-refractivity contribution in [2.24, 2.45) is 5.41 Å². The molecule has 104 valence electrons. The summed E-state index contributed by atoms with van der Waals surface area (Å²) in [6.07, 6.45) is 2.53. The molecule has 0 bridgehead atoms. The van der Waals surface area contributed by atoms with E-state index in [4.69, 9.17) is 0 Å². The Bertz CT molecular complexity index is 198. The third-order valence-corrected chi connectivity index (χ3v) is 2.84. The van der Waals surface area contributed by atoms with Crippen molar-refractivity contribution in [2.75, 3.05) is 20.1 Å². The number of hydrogen-bond acceptors (Lipinski definition) is 2. The summed E-state index contributed by atoms with van der Waals surface area (Å²) in [6.45, 7) is 18.2. The Morgan fingerprint density at radius 1 is 1.06 bits per heavy atom. The predicted molar refractivity (Wildman–Crippen MR) is 78.5 cm³/mol. The van der Waals surface area contributed by atoms with E-state index >= 15 is 0 Å². The Hall–Kier alpha value is -0.0800. The van der Waals surface area contributed by atoms with Crippen LogP contribution in [-0.2, 0) is 0 Å². The monoisotopic (exact) mass is 242 g/mol. The highest BCUT2D eigenvalue weighted by atomic mass is 15.2. The number of nitrogens with one attached hydrogen (secondary N) is 1. The largest absolute Gasteiger partial charge is 0.311 e. The molecule has 0 aliphatic rings. The summed E-state index contributed by atoms with van der Waals surface area (Å²) >= 11 is 0. The van der Waals surface area contributed by atoms with Crippen LogP contribution in [0.1, 0.15) is 61.3 Å². The molecule has 0 spiro atoms. The number of likely N-dealkylation sites (N-methyl/N-ethyl adjacent to an activating group) is 1. The maximum absolute atomic E-state index is 3.63. The van der Waals surface area contributed by atoms with Crippen LogP contribution in [0.5, 0.6) is 0 Å². The second kappa shape index (κ2) is 6.75. The minimum absolute atomic E-state index is 0.217. The molecule has 0 aliphatic carbocycles. The fraction of sp³-hybridized carbons (Fsp3) is 1.00. The zero-order valence-corrected chi connectivity index (χ0v) is 13.4. The van der Waals surface area contributed by atoms with Gasteiger partial charge in [0.15, 0.2) is 0 Å². The third kappa shape index (κ3) is 9.61. The highest BCUT2D eigenvalue weighted by molar-refractivity contribution is 4.79. The van der Waals surface area contributed by atoms with Crippen molar-refractivity contribution < 1.29 is 0 Å². The molecule has 1 unspecified atom stereocenters. The SMILES string of the molecule is CCCC(CNC(C)(C)C)N(C)CC(C)(C)C. The topological polar surface area (TPSA) is 15.3 Å². The Labute approximate surface area is 109 Å². The van der Waals surface area contributed by atoms with E-state index in [1.54, 1.807) is 0 Å². The summed E-state index contributed by atoms with van der Waals surface area (Å²) in [7, 11) is 2.26. The van der Waals surface area contributed by atoms with Gasteiger partial charge in [-0.2, -0.15) is 0 Å². The molecule has 0 saturated carbocycles. The van der Waals surface area contributed by atoms with Crippen LogP contribution >= 0.6 is 0 Å². The van der Waals surface area contributed by atoms with Crippen LogP contribution in [-0.4, -0.2) is 36.6 Å². The van der Waals surface area contributed by atoms with Crippen molar-refractivity contribution in [3.63, 3.8) is 0 Å². The van der Waals surface area contributed by atoms with E-state index < -0.39 is 0 Å². The maximum Gasteiger partial charge on any atom is 0.0217 e. The van der Waals surface area contributed by atoms with Crippen molar-refractivity contribution in [1.29, 1.82) is 0 Å². The van der Waals surface area contributed by atoms with E-state index in [0.29, 0.717) is 11.5 Å². The fourth-order valence-electron chi connectivity index (χ4n) is 2.11. The summed E-state index contributed by atoms with van der Waals surface area (Å²) in [4.78, 5) is 2.52. The van der Waals surface area contributed by atoms with Crippen LogP contribution in [0, 0.1) is 5.41 Å². The van der Waals surface area contributed by atoms with Crippen LogP contribution < -0.4 is 5.32 Å². The van der Waals surface area contributed by atoms with Crippen molar-refractivity contribution >= 4 is 0 Å². The second-order valence-electron chi connectivity index (χ2n) is 7.55. The van der Waals surface area contributed by atoms with Crippen LogP contribution in [0.2, 0.25) is 0 Å². The van der Waals surface area contributed by atoms with E-state index in [1.807, 2.05) is 0 Å². The van der Waals surface area contributed by atoms with Crippen molar-refractivity contribution in [1.82, 2.24) is 10.2 Å². The van der Waals surface area contributed by atoms with Gasteiger partial charge in [-0.1, -0.05) is 34.1 Å². The van der Waals surface area contributed by atoms with Crippen LogP contribution in [0.15, 0.2) is 0 Å². The van der Waals surface area contributed by atoms with Gasteiger partial charge in [-0.25, -0.2) is 0 Å². The molecule has 0 radical (unpaired) electrons. The highest BCUT2D eigenvalue weighted by Crippen LogP contribution is 2.17. The first-order valence-corrected chi connectivity index (χ1v) is 7.00. The van der Waals surface area contributed by atoms with Crippen molar-refractivity contribution in [3.8, 4) is 0 Å². The first kappa shape index (κ1) is 16.9. The molecule has 0 rings (SSSR count). The van der Waals surface area contributed by atoms with Crippen LogP contribution in [0.4, 0.5) is 0 Å². The van der Waals surface area contributed by atoms with Crippen LogP contribution in [0.3, 0.4) is 0 Å². The summed E-state index contributed by atoms with van der Waals surface area (Å²) in [6, 6.07) is 0.651. The van der Waals surface area contributed by atoms with Gasteiger partial charge < -0.3 is 10.2 Å². The van der Waals surface area contributed by atoms with Gasteiger partial charge in [0.2, 0.25) is 0 Å². The number of nitrogens with zero attached hydrogens (tertiary/aromatic N) is 1. The number of hydrogen-bond donors (Lipinski definition) is 1. The molecular formula is C15H34N2. The Morgan fingerprint density at radius 2 is 1.59 bits per heavy atom. The predicted octanol–water partition coefficient (Wildman–Crippen LogP) is 3.52. The molecular weight excluding hydrogens is 208 g/mol. The van der Waals surface area contributed by atoms with E-state index in [2.05, 4.69) is 65.7 Å². The smallest absolute Gasteiger partial charge is 0.0217 e. The van der Waals surface area contributed by atoms with Crippen LogP contribution in [0.25, 0.3) is 0 Å². The third-order valence-electron chi connectivity index (χ3n) is 2.84. The summed E-state index contributed by atoms with van der Waals surface area (Å²) < 4.78 is 0. The Balaban J connectivity index is 4.31. The van der Waals surface area contributed by atoms with Crippen molar-refractivity contribution in [2.45, 2.75) is 72.9 Å². The minimum atomic E-state index is 0.217. The van der Waals surface area contributed by atoms with Gasteiger partial charge in [0.05, 0.1) is 0 Å². The molecule has 2 heteroatoms. The molecule has 2 nitrogen and oxygen atoms in total. The lowest BCUT2D eigenvalue weighted by atomic mass is 9.95. The van der Waals surface area contributed by atoms with E-state index in [0.717, 1.165) is 13.1 Å². The van der Waals surface area contributed by atoms with E-state index in [-0.39, 0.29) is 5.54 Å². The lowest BCUT2D eigenvalue weighted by molar-refractivity contribution is 0.154. The maximum atomic E-state index is 3.63. The fourth-order valence-corrected chi connectivity index (χ4v) is 2.11. The average Bonchev–Trinajstić information content (AvgIpc) is 2.07. The molecule has 1 N–H and O–H groups in total. The Kier molecular flexibility index (Phi) is 6.71. The molecule has 0 aliphatic heterocycles. The summed E-state index contributed by atoms with van der Waals surface area (Å²) in [5.74, 6) is 0. The summed E-state index contributed by atoms with van der Waals surface area (Å²) in [5.41, 5.74) is 0.594. The molecule has 0 aromatic heterocycles. The van der Waals surface area contributed by atoms with Gasteiger partial charge >= 0.3 is 0 Å². The van der Waals surface area contributed by atoms with Gasteiger partial charge in [0.1, 0.15) is 0 Å². The van der Waals surface area contributed by atoms with Gasteiger partial charge in [0.25, 0.3) is 0 Å². The molecule has 0 aromatic rings. The number of rotatable bonds is 6. The first-order chi connectivity index (χ1) is 7.55. The lowest BCUT2D eigenvalue weighted by Crippen LogP contribution is -2.48. The molecule has 17 heavy (non-hydrogen) atoms. The average molecular weight is 242 g/mol.